The van der Waals surface area contributed by atoms with E-state index in [4.69, 9.17) is 14.7 Å². The summed E-state index contributed by atoms with van der Waals surface area (Å²) in [7, 11) is 0. The predicted octanol–water partition coefficient (Wildman–Crippen LogP) is 6.53. The molecule has 1 saturated carbocycles. The topological polar surface area (TPSA) is 72.3 Å². The van der Waals surface area contributed by atoms with Crippen molar-refractivity contribution in [2.75, 3.05) is 0 Å². The van der Waals surface area contributed by atoms with Gasteiger partial charge in [-0.2, -0.15) is 0 Å². The van der Waals surface area contributed by atoms with Crippen LogP contribution in [-0.2, 0) is 9.53 Å². The van der Waals surface area contributed by atoms with Gasteiger partial charge in [0.2, 0.25) is 0 Å². The van der Waals surface area contributed by atoms with Crippen LogP contribution in [0.1, 0.15) is 68.0 Å². The Morgan fingerprint density at radius 1 is 1.06 bits per heavy atom. The number of hydrogen-bond acceptors (Lipinski definition) is 4. The van der Waals surface area contributed by atoms with Crippen LogP contribution >= 0.6 is 0 Å². The fourth-order valence-electron chi connectivity index (χ4n) is 6.04. The molecule has 0 radical (unpaired) electrons. The van der Waals surface area contributed by atoms with E-state index >= 15 is 0 Å². The molecule has 0 spiro atoms. The van der Waals surface area contributed by atoms with E-state index in [9.17, 15) is 9.90 Å². The molecule has 0 saturated heterocycles. The Hall–Kier alpha value is -3.31. The van der Waals surface area contributed by atoms with Gasteiger partial charge < -0.3 is 9.84 Å². The van der Waals surface area contributed by atoms with E-state index in [2.05, 4.69) is 25.1 Å². The molecule has 0 aliphatic heterocycles. The maximum atomic E-state index is 12.5. The lowest BCUT2D eigenvalue weighted by molar-refractivity contribution is -0.160. The molecule has 2 aromatic carbocycles. The zero-order valence-electron chi connectivity index (χ0n) is 20.1. The van der Waals surface area contributed by atoms with Crippen LogP contribution < -0.4 is 0 Å². The number of hydrogen-bond donors (Lipinski definition) is 1. The summed E-state index contributed by atoms with van der Waals surface area (Å²) in [6, 6.07) is 14.4. The van der Waals surface area contributed by atoms with Gasteiger partial charge in [0, 0.05) is 39.4 Å². The molecule has 5 nitrogen and oxygen atoms in total. The van der Waals surface area contributed by atoms with Crippen molar-refractivity contribution >= 4 is 27.8 Å². The third kappa shape index (κ3) is 3.00. The Labute approximate surface area is 198 Å². The van der Waals surface area contributed by atoms with Gasteiger partial charge in [0.05, 0.1) is 16.6 Å². The van der Waals surface area contributed by atoms with Gasteiger partial charge in [0.15, 0.2) is 6.10 Å². The van der Waals surface area contributed by atoms with Crippen LogP contribution in [0.2, 0.25) is 0 Å². The van der Waals surface area contributed by atoms with Gasteiger partial charge in [0.25, 0.3) is 0 Å². The van der Waals surface area contributed by atoms with Crippen molar-refractivity contribution in [2.45, 2.75) is 58.2 Å². The molecule has 2 heterocycles. The number of nitrogens with zero attached hydrogens (tertiary/aromatic N) is 2. The monoisotopic (exact) mass is 452 g/mol. The number of aromatic nitrogens is 2. The minimum atomic E-state index is -1.15. The third-order valence-electron chi connectivity index (χ3n) is 7.40. The summed E-state index contributed by atoms with van der Waals surface area (Å²) in [4.78, 5) is 22.2. The molecule has 1 fully saturated rings. The predicted molar refractivity (Wildman–Crippen MR) is 133 cm³/mol. The van der Waals surface area contributed by atoms with Crippen molar-refractivity contribution in [1.82, 2.24) is 9.97 Å². The summed E-state index contributed by atoms with van der Waals surface area (Å²) in [6.45, 7) is 9.82. The summed E-state index contributed by atoms with van der Waals surface area (Å²) >= 11 is 0. The zero-order valence-corrected chi connectivity index (χ0v) is 20.1. The molecule has 5 heteroatoms. The van der Waals surface area contributed by atoms with Gasteiger partial charge in [-0.05, 0) is 68.7 Å². The van der Waals surface area contributed by atoms with Crippen molar-refractivity contribution in [2.24, 2.45) is 5.92 Å². The third-order valence-corrected chi connectivity index (χ3v) is 7.40. The van der Waals surface area contributed by atoms with E-state index < -0.39 is 17.7 Å². The summed E-state index contributed by atoms with van der Waals surface area (Å²) in [5.41, 5.74) is 6.92. The van der Waals surface area contributed by atoms with E-state index in [1.807, 2.05) is 58.2 Å². The number of carboxylic acid groups (broad SMARTS) is 1. The molecule has 34 heavy (non-hydrogen) atoms. The van der Waals surface area contributed by atoms with Crippen LogP contribution in [0.15, 0.2) is 48.7 Å². The Kier molecular flexibility index (Phi) is 4.43. The SMILES string of the molecule is Cc1nc2ccccc2c(-c2ccc3c4c(ccnc24)[C@H]2C(C)[C@@H]32)c1[C@H](OC(C)(C)C)C(=O)O. The molecule has 6 rings (SSSR count). The number of aryl methyl sites for hydroxylation is 1. The molecule has 0 bridgehead atoms. The van der Waals surface area contributed by atoms with Crippen molar-refractivity contribution in [1.29, 1.82) is 0 Å². The van der Waals surface area contributed by atoms with E-state index in [1.165, 1.54) is 16.5 Å². The van der Waals surface area contributed by atoms with Crippen LogP contribution in [0.25, 0.3) is 32.9 Å². The Balaban J connectivity index is 1.70. The number of ether oxygens (including phenoxy) is 1. The van der Waals surface area contributed by atoms with Crippen molar-refractivity contribution in [3.63, 3.8) is 0 Å². The zero-order chi connectivity index (χ0) is 23.9. The summed E-state index contributed by atoms with van der Waals surface area (Å²) in [6.07, 6.45) is 0.748. The Bertz CT molecular complexity index is 1490. The molecular formula is C29H28N2O3. The molecule has 1 unspecified atom stereocenters. The molecule has 172 valence electrons. The molecule has 0 amide bonds. The average Bonchev–Trinajstić information content (AvgIpc) is 3.31. The first kappa shape index (κ1) is 21.2. The number of carbonyl (C=O) groups is 1. The molecule has 2 aliphatic rings. The van der Waals surface area contributed by atoms with Crippen LogP contribution in [-0.4, -0.2) is 26.6 Å². The van der Waals surface area contributed by atoms with Gasteiger partial charge in [-0.3, -0.25) is 9.97 Å². The lowest BCUT2D eigenvalue weighted by Crippen LogP contribution is -2.28. The van der Waals surface area contributed by atoms with E-state index in [-0.39, 0.29) is 0 Å². The second-order valence-electron chi connectivity index (χ2n) is 10.7. The number of pyridine rings is 2. The fourth-order valence-corrected chi connectivity index (χ4v) is 6.04. The van der Waals surface area contributed by atoms with Gasteiger partial charge >= 0.3 is 5.97 Å². The maximum Gasteiger partial charge on any atom is 0.337 e. The lowest BCUT2D eigenvalue weighted by atomic mass is 9.88. The Morgan fingerprint density at radius 3 is 2.47 bits per heavy atom. The number of para-hydroxylation sites is 1. The first-order valence-electron chi connectivity index (χ1n) is 11.9. The highest BCUT2D eigenvalue weighted by molar-refractivity contribution is 6.08. The lowest BCUT2D eigenvalue weighted by Gasteiger charge is -2.28. The molecule has 2 aromatic heterocycles. The quantitative estimate of drug-likeness (QED) is 0.381. The first-order valence-corrected chi connectivity index (χ1v) is 11.9. The van der Waals surface area contributed by atoms with E-state index in [0.29, 0.717) is 29.0 Å². The van der Waals surface area contributed by atoms with E-state index in [1.54, 1.807) is 0 Å². The van der Waals surface area contributed by atoms with Gasteiger partial charge in [-0.25, -0.2) is 4.79 Å². The minimum Gasteiger partial charge on any atom is -0.479 e. The highest BCUT2D eigenvalue weighted by Gasteiger charge is 2.54. The highest BCUT2D eigenvalue weighted by atomic mass is 16.5. The number of benzene rings is 2. The Morgan fingerprint density at radius 2 is 1.76 bits per heavy atom. The van der Waals surface area contributed by atoms with Crippen molar-refractivity contribution in [3.8, 4) is 11.1 Å². The highest BCUT2D eigenvalue weighted by Crippen LogP contribution is 2.67. The van der Waals surface area contributed by atoms with Gasteiger partial charge in [-0.15, -0.1) is 0 Å². The largest absolute Gasteiger partial charge is 0.479 e. The van der Waals surface area contributed by atoms with Crippen LogP contribution in [0, 0.1) is 12.8 Å². The molecule has 4 aromatic rings. The van der Waals surface area contributed by atoms with Crippen LogP contribution in [0.5, 0.6) is 0 Å². The number of fused-ring (bicyclic) bond motifs is 4. The molecular weight excluding hydrogens is 424 g/mol. The molecule has 4 atom stereocenters. The van der Waals surface area contributed by atoms with Gasteiger partial charge in [-0.1, -0.05) is 37.3 Å². The summed E-state index contributed by atoms with van der Waals surface area (Å²) in [5.74, 6) is 0.787. The number of aliphatic carboxylic acids is 1. The second-order valence-corrected chi connectivity index (χ2v) is 10.7. The number of carboxylic acids is 1. The van der Waals surface area contributed by atoms with Crippen LogP contribution in [0.4, 0.5) is 0 Å². The average molecular weight is 453 g/mol. The number of rotatable bonds is 4. The fraction of sp³-hybridized carbons (Fsp3) is 0.345. The maximum absolute atomic E-state index is 12.5. The summed E-state index contributed by atoms with van der Waals surface area (Å²) < 4.78 is 6.13. The van der Waals surface area contributed by atoms with Crippen LogP contribution in [0.3, 0.4) is 0 Å². The first-order chi connectivity index (χ1) is 16.2. The molecule has 2 aliphatic carbocycles. The van der Waals surface area contributed by atoms with Crippen molar-refractivity contribution < 1.29 is 14.6 Å². The normalized spacial score (nSPS) is 21.6. The summed E-state index contributed by atoms with van der Waals surface area (Å²) in [5, 5.41) is 12.4. The molecule has 1 N–H and O–H groups in total. The van der Waals surface area contributed by atoms with E-state index in [0.717, 1.165) is 27.5 Å². The van der Waals surface area contributed by atoms with Gasteiger partial charge in [0.1, 0.15) is 0 Å². The smallest absolute Gasteiger partial charge is 0.337 e. The second kappa shape index (κ2) is 7.09. The van der Waals surface area contributed by atoms with Crippen molar-refractivity contribution in [3.05, 3.63) is 71.0 Å². The minimum absolute atomic E-state index is 0.571. The standard InChI is InChI=1S/C29H28N2O3/c1-14-21-17-10-11-19(26-25(17)18(22(14)21)12-13-30-26)24-16-8-6-7-9-20(16)31-15(2)23(24)27(28(32)33)34-29(3,4)5/h6-14,21-22,27H,1-5H3,(H,32,33)/t14?,21-,22+,27-/m0/s1.